The monoisotopic (exact) mass is 461 g/mol. The van der Waals surface area contributed by atoms with Gasteiger partial charge in [0.15, 0.2) is 0 Å². The number of para-hydroxylation sites is 1. The molecule has 6 aromatic carbocycles. The van der Waals surface area contributed by atoms with Crippen LogP contribution in [0, 0.1) is 0 Å². The van der Waals surface area contributed by atoms with E-state index in [4.69, 9.17) is 4.42 Å². The van der Waals surface area contributed by atoms with E-state index >= 15 is 0 Å². The average Bonchev–Trinajstić information content (AvgIpc) is 3.31. The zero-order valence-corrected chi connectivity index (χ0v) is 19.6. The smallest absolute Gasteiger partial charge is 0.135 e. The van der Waals surface area contributed by atoms with E-state index in [9.17, 15) is 0 Å². The zero-order chi connectivity index (χ0) is 23.9. The van der Waals surface area contributed by atoms with Crippen molar-refractivity contribution in [1.82, 2.24) is 0 Å². The second-order valence-corrected chi connectivity index (χ2v) is 9.12. The summed E-state index contributed by atoms with van der Waals surface area (Å²) < 4.78 is 5.95. The highest BCUT2D eigenvalue weighted by Gasteiger charge is 2.08. The average molecular weight is 462 g/mol. The van der Waals surface area contributed by atoms with Crippen LogP contribution in [-0.4, -0.2) is 0 Å². The van der Waals surface area contributed by atoms with Crippen LogP contribution in [0.3, 0.4) is 0 Å². The molecule has 0 aliphatic carbocycles. The molecule has 1 aromatic heterocycles. The molecule has 0 atom stereocenters. The van der Waals surface area contributed by atoms with Crippen molar-refractivity contribution in [3.05, 3.63) is 133 Å². The standard InChI is InChI=1S/C34H23NO/c1-2-8-29-25(6-1)7-5-10-30(29)26-14-12-23(13-15-26)24-16-18-27(19-17-24)35-28-20-21-34-32(22-28)31-9-3-4-11-33(31)36-34/h1-22,35H. The van der Waals surface area contributed by atoms with E-state index in [0.29, 0.717) is 0 Å². The molecule has 1 N–H and O–H groups in total. The van der Waals surface area contributed by atoms with E-state index in [1.165, 1.54) is 33.0 Å². The van der Waals surface area contributed by atoms with E-state index in [1.54, 1.807) is 0 Å². The van der Waals surface area contributed by atoms with Gasteiger partial charge < -0.3 is 9.73 Å². The van der Waals surface area contributed by atoms with Gasteiger partial charge in [0.1, 0.15) is 11.2 Å². The summed E-state index contributed by atoms with van der Waals surface area (Å²) in [4.78, 5) is 0. The van der Waals surface area contributed by atoms with Crippen LogP contribution >= 0.6 is 0 Å². The zero-order valence-electron chi connectivity index (χ0n) is 19.6. The fraction of sp³-hybridized carbons (Fsp3) is 0. The maximum Gasteiger partial charge on any atom is 0.135 e. The fourth-order valence-electron chi connectivity index (χ4n) is 5.04. The van der Waals surface area contributed by atoms with Gasteiger partial charge in [-0.1, -0.05) is 97.1 Å². The summed E-state index contributed by atoms with van der Waals surface area (Å²) in [5, 5.41) is 8.34. The highest BCUT2D eigenvalue weighted by molar-refractivity contribution is 6.06. The number of anilines is 2. The first kappa shape index (κ1) is 20.5. The number of hydrogen-bond donors (Lipinski definition) is 1. The number of benzene rings is 6. The Kier molecular flexibility index (Phi) is 4.82. The Bertz CT molecular complexity index is 1840. The number of rotatable bonds is 4. The lowest BCUT2D eigenvalue weighted by molar-refractivity contribution is 0.669. The van der Waals surface area contributed by atoms with Gasteiger partial charge in [-0.15, -0.1) is 0 Å². The van der Waals surface area contributed by atoms with Crippen LogP contribution < -0.4 is 5.32 Å². The lowest BCUT2D eigenvalue weighted by atomic mass is 9.96. The quantitative estimate of drug-likeness (QED) is 0.282. The summed E-state index contributed by atoms with van der Waals surface area (Å²) in [6, 6.07) is 46.9. The Labute approximate surface area is 209 Å². The third-order valence-electron chi connectivity index (χ3n) is 6.87. The Morgan fingerprint density at radius 1 is 0.417 bits per heavy atom. The number of hydrogen-bond acceptors (Lipinski definition) is 2. The third-order valence-corrected chi connectivity index (χ3v) is 6.87. The number of nitrogens with one attached hydrogen (secondary N) is 1. The minimum Gasteiger partial charge on any atom is -0.456 e. The summed E-state index contributed by atoms with van der Waals surface area (Å²) in [6.07, 6.45) is 0. The lowest BCUT2D eigenvalue weighted by Crippen LogP contribution is -1.90. The molecule has 0 aliphatic heterocycles. The van der Waals surface area contributed by atoms with Gasteiger partial charge in [0.25, 0.3) is 0 Å². The number of fused-ring (bicyclic) bond motifs is 4. The van der Waals surface area contributed by atoms with E-state index in [1.807, 2.05) is 24.3 Å². The van der Waals surface area contributed by atoms with E-state index in [2.05, 4.69) is 115 Å². The molecular formula is C34H23NO. The number of furan rings is 1. The molecule has 2 heteroatoms. The molecule has 0 radical (unpaired) electrons. The van der Waals surface area contributed by atoms with Crippen LogP contribution in [0.15, 0.2) is 138 Å². The predicted molar refractivity (Wildman–Crippen MR) is 152 cm³/mol. The molecule has 170 valence electrons. The van der Waals surface area contributed by atoms with Crippen LogP contribution in [0.25, 0.3) is 55.0 Å². The molecule has 2 nitrogen and oxygen atoms in total. The van der Waals surface area contributed by atoms with Gasteiger partial charge in [-0.05, 0) is 69.4 Å². The minimum atomic E-state index is 0.907. The van der Waals surface area contributed by atoms with Crippen molar-refractivity contribution in [3.63, 3.8) is 0 Å². The van der Waals surface area contributed by atoms with Crippen LogP contribution in [0.2, 0.25) is 0 Å². The van der Waals surface area contributed by atoms with Gasteiger partial charge in [-0.3, -0.25) is 0 Å². The molecule has 7 aromatic rings. The Morgan fingerprint density at radius 3 is 1.86 bits per heavy atom. The molecule has 0 aliphatic rings. The molecule has 0 bridgehead atoms. The molecule has 0 saturated heterocycles. The summed E-state index contributed by atoms with van der Waals surface area (Å²) in [7, 11) is 0. The van der Waals surface area contributed by atoms with Gasteiger partial charge in [-0.25, -0.2) is 0 Å². The Hall–Kier alpha value is -4.82. The fourth-order valence-corrected chi connectivity index (χ4v) is 5.04. The van der Waals surface area contributed by atoms with Crippen LogP contribution in [0.1, 0.15) is 0 Å². The van der Waals surface area contributed by atoms with Crippen molar-refractivity contribution in [1.29, 1.82) is 0 Å². The summed E-state index contributed by atoms with van der Waals surface area (Å²) >= 11 is 0. The topological polar surface area (TPSA) is 25.2 Å². The molecule has 0 unspecified atom stereocenters. The molecule has 0 fully saturated rings. The van der Waals surface area contributed by atoms with Gasteiger partial charge in [0.05, 0.1) is 0 Å². The molecule has 7 rings (SSSR count). The summed E-state index contributed by atoms with van der Waals surface area (Å²) in [6.45, 7) is 0. The normalized spacial score (nSPS) is 11.3. The molecule has 36 heavy (non-hydrogen) atoms. The van der Waals surface area contributed by atoms with Crippen LogP contribution in [0.4, 0.5) is 11.4 Å². The highest BCUT2D eigenvalue weighted by atomic mass is 16.3. The Morgan fingerprint density at radius 2 is 1.03 bits per heavy atom. The molecular weight excluding hydrogens is 438 g/mol. The second-order valence-electron chi connectivity index (χ2n) is 9.12. The molecule has 0 amide bonds. The lowest BCUT2D eigenvalue weighted by Gasteiger charge is -2.10. The van der Waals surface area contributed by atoms with Gasteiger partial charge in [0, 0.05) is 22.1 Å². The van der Waals surface area contributed by atoms with Gasteiger partial charge in [0.2, 0.25) is 0 Å². The second kappa shape index (κ2) is 8.44. The molecule has 0 saturated carbocycles. The van der Waals surface area contributed by atoms with Crippen molar-refractivity contribution in [3.8, 4) is 22.3 Å². The van der Waals surface area contributed by atoms with E-state index in [0.717, 1.165) is 33.3 Å². The first-order chi connectivity index (χ1) is 17.8. The van der Waals surface area contributed by atoms with Crippen molar-refractivity contribution in [2.45, 2.75) is 0 Å². The SMILES string of the molecule is c1ccc2c(-c3ccc(-c4ccc(Nc5ccc6oc7ccccc7c6c5)cc4)cc3)cccc2c1. The van der Waals surface area contributed by atoms with Gasteiger partial charge >= 0.3 is 0 Å². The Balaban J connectivity index is 1.14. The largest absolute Gasteiger partial charge is 0.456 e. The van der Waals surface area contributed by atoms with E-state index in [-0.39, 0.29) is 0 Å². The van der Waals surface area contributed by atoms with Crippen LogP contribution in [0.5, 0.6) is 0 Å². The van der Waals surface area contributed by atoms with Crippen LogP contribution in [-0.2, 0) is 0 Å². The first-order valence-electron chi connectivity index (χ1n) is 12.2. The first-order valence-corrected chi connectivity index (χ1v) is 12.2. The van der Waals surface area contributed by atoms with Gasteiger partial charge in [-0.2, -0.15) is 0 Å². The molecule has 1 heterocycles. The van der Waals surface area contributed by atoms with Crippen molar-refractivity contribution in [2.24, 2.45) is 0 Å². The maximum atomic E-state index is 5.95. The minimum absolute atomic E-state index is 0.907. The van der Waals surface area contributed by atoms with Crippen molar-refractivity contribution >= 4 is 44.1 Å². The predicted octanol–water partition coefficient (Wildman–Crippen LogP) is 9.82. The third kappa shape index (κ3) is 3.60. The van der Waals surface area contributed by atoms with E-state index < -0.39 is 0 Å². The summed E-state index contributed by atoms with van der Waals surface area (Å²) in [5.74, 6) is 0. The maximum absolute atomic E-state index is 5.95. The van der Waals surface area contributed by atoms with Crippen molar-refractivity contribution in [2.75, 3.05) is 5.32 Å². The molecule has 0 spiro atoms. The summed E-state index contributed by atoms with van der Waals surface area (Å²) in [5.41, 5.74) is 8.82. The highest BCUT2D eigenvalue weighted by Crippen LogP contribution is 2.33. The van der Waals surface area contributed by atoms with Crippen molar-refractivity contribution < 1.29 is 4.42 Å².